The molecular weight excluding hydrogens is 202 g/mol. The maximum atomic E-state index is 8.11. The van der Waals surface area contributed by atoms with E-state index in [1.807, 2.05) is 47.1 Å². The van der Waals surface area contributed by atoms with Gasteiger partial charge in [-0.05, 0) is 30.2 Å². The van der Waals surface area contributed by atoms with Crippen molar-refractivity contribution in [1.82, 2.24) is 9.38 Å². The summed E-state index contributed by atoms with van der Waals surface area (Å²) in [4.78, 5) is 6.96. The van der Waals surface area contributed by atoms with Crippen LogP contribution in [0.5, 0.6) is 0 Å². The Labute approximate surface area is 92.7 Å². The molecule has 0 bridgehead atoms. The van der Waals surface area contributed by atoms with Gasteiger partial charge in [-0.3, -0.25) is 0 Å². The third-order valence-electron chi connectivity index (χ3n) is 2.19. The predicted octanol–water partition coefficient (Wildman–Crippen LogP) is 3.05. The molecule has 2 aromatic rings. The zero-order valence-corrected chi connectivity index (χ0v) is 8.69. The quantitative estimate of drug-likeness (QED) is 0.333. The first-order valence-electron chi connectivity index (χ1n) is 5.01. The summed E-state index contributed by atoms with van der Waals surface area (Å²) in [6.07, 6.45) is 8.48. The van der Waals surface area contributed by atoms with E-state index in [2.05, 4.69) is 15.0 Å². The van der Waals surface area contributed by atoms with Gasteiger partial charge in [-0.1, -0.05) is 17.3 Å². The number of imidazole rings is 1. The van der Waals surface area contributed by atoms with Crippen LogP contribution >= 0.6 is 0 Å². The minimum Gasteiger partial charge on any atom is -0.300 e. The first-order valence-corrected chi connectivity index (χ1v) is 5.01. The summed E-state index contributed by atoms with van der Waals surface area (Å²) in [7, 11) is 0. The fourth-order valence-electron chi connectivity index (χ4n) is 1.46. The zero-order chi connectivity index (χ0) is 11.2. The highest BCUT2D eigenvalue weighted by Gasteiger charge is 1.96. The minimum atomic E-state index is 0.490. The van der Waals surface area contributed by atoms with Crippen molar-refractivity contribution in [3.8, 4) is 0 Å². The fraction of sp³-hybridized carbons (Fsp3) is 0.182. The van der Waals surface area contributed by atoms with E-state index >= 15 is 0 Å². The molecule has 0 aliphatic carbocycles. The molecule has 2 heterocycles. The van der Waals surface area contributed by atoms with Gasteiger partial charge in [0.1, 0.15) is 5.65 Å². The van der Waals surface area contributed by atoms with Crippen LogP contribution < -0.4 is 0 Å². The van der Waals surface area contributed by atoms with E-state index in [0.29, 0.717) is 6.54 Å². The lowest BCUT2D eigenvalue weighted by molar-refractivity contribution is 0.994. The Morgan fingerprint density at radius 2 is 2.44 bits per heavy atom. The Bertz CT molecular complexity index is 548. The highest BCUT2D eigenvalue weighted by molar-refractivity contribution is 5.52. The largest absolute Gasteiger partial charge is 0.300 e. The monoisotopic (exact) mass is 213 g/mol. The van der Waals surface area contributed by atoms with Crippen molar-refractivity contribution in [1.29, 1.82) is 0 Å². The van der Waals surface area contributed by atoms with E-state index in [1.165, 1.54) is 0 Å². The van der Waals surface area contributed by atoms with Crippen molar-refractivity contribution in [2.45, 2.75) is 6.42 Å². The van der Waals surface area contributed by atoms with Crippen LogP contribution in [0.2, 0.25) is 0 Å². The molecule has 0 unspecified atom stereocenters. The normalized spacial score (nSPS) is 10.8. The van der Waals surface area contributed by atoms with Crippen LogP contribution in [0.1, 0.15) is 12.1 Å². The molecule has 0 aliphatic heterocycles. The topological polar surface area (TPSA) is 66.1 Å². The highest BCUT2D eigenvalue weighted by atomic mass is 15.1. The second-order valence-corrected chi connectivity index (χ2v) is 3.26. The molecule has 5 nitrogen and oxygen atoms in total. The van der Waals surface area contributed by atoms with Gasteiger partial charge in [0.05, 0.1) is 11.9 Å². The molecule has 0 aliphatic rings. The second-order valence-electron chi connectivity index (χ2n) is 3.26. The molecule has 2 aromatic heterocycles. The molecule has 0 atom stereocenters. The van der Waals surface area contributed by atoms with Gasteiger partial charge in [0, 0.05) is 17.7 Å². The van der Waals surface area contributed by atoms with Crippen LogP contribution in [-0.4, -0.2) is 15.9 Å². The summed E-state index contributed by atoms with van der Waals surface area (Å²) in [5, 5.41) is 3.46. The van der Waals surface area contributed by atoms with Gasteiger partial charge in [-0.15, -0.1) is 0 Å². The van der Waals surface area contributed by atoms with Crippen LogP contribution in [0.15, 0.2) is 41.8 Å². The summed E-state index contributed by atoms with van der Waals surface area (Å²) in [5.41, 5.74) is 10.1. The molecule has 5 heteroatoms. The average Bonchev–Trinajstić information content (AvgIpc) is 2.73. The molecule has 0 radical (unpaired) electrons. The lowest BCUT2D eigenvalue weighted by Gasteiger charge is -1.94. The molecule has 2 rings (SSSR count). The van der Waals surface area contributed by atoms with Crippen LogP contribution in [0.3, 0.4) is 0 Å². The summed E-state index contributed by atoms with van der Waals surface area (Å²) < 4.78 is 2.00. The van der Waals surface area contributed by atoms with Gasteiger partial charge >= 0.3 is 0 Å². The van der Waals surface area contributed by atoms with Crippen molar-refractivity contribution in [2.24, 2.45) is 5.11 Å². The lowest BCUT2D eigenvalue weighted by Crippen LogP contribution is -1.84. The molecule has 80 valence electrons. The van der Waals surface area contributed by atoms with Gasteiger partial charge < -0.3 is 4.40 Å². The highest BCUT2D eigenvalue weighted by Crippen LogP contribution is 2.07. The van der Waals surface area contributed by atoms with Gasteiger partial charge in [-0.25, -0.2) is 4.98 Å². The Kier molecular flexibility index (Phi) is 3.21. The average molecular weight is 213 g/mol. The predicted molar refractivity (Wildman–Crippen MR) is 62.9 cm³/mol. The maximum absolute atomic E-state index is 8.11. The van der Waals surface area contributed by atoms with Crippen LogP contribution in [0.4, 0.5) is 0 Å². The second kappa shape index (κ2) is 5.00. The van der Waals surface area contributed by atoms with E-state index in [9.17, 15) is 0 Å². The van der Waals surface area contributed by atoms with Crippen molar-refractivity contribution in [3.63, 3.8) is 0 Å². The first kappa shape index (κ1) is 10.3. The number of azide groups is 1. The summed E-state index contributed by atoms with van der Waals surface area (Å²) in [6, 6.07) is 5.88. The third-order valence-corrected chi connectivity index (χ3v) is 2.19. The number of nitrogens with zero attached hydrogens (tertiary/aromatic N) is 5. The van der Waals surface area contributed by atoms with E-state index in [0.717, 1.165) is 17.8 Å². The number of pyridine rings is 1. The first-order chi connectivity index (χ1) is 7.92. The van der Waals surface area contributed by atoms with Crippen LogP contribution in [-0.2, 0) is 0 Å². The molecule has 0 aromatic carbocycles. The van der Waals surface area contributed by atoms with Gasteiger partial charge in [0.15, 0.2) is 0 Å². The Balaban J connectivity index is 2.12. The van der Waals surface area contributed by atoms with E-state index in [4.69, 9.17) is 5.53 Å². The Morgan fingerprint density at radius 3 is 3.31 bits per heavy atom. The Hall–Kier alpha value is -2.26. The van der Waals surface area contributed by atoms with Crippen molar-refractivity contribution >= 4 is 11.7 Å². The van der Waals surface area contributed by atoms with E-state index < -0.39 is 0 Å². The number of rotatable bonds is 4. The van der Waals surface area contributed by atoms with Gasteiger partial charge in [0.2, 0.25) is 0 Å². The molecule has 0 amide bonds. The zero-order valence-electron chi connectivity index (χ0n) is 8.69. The third kappa shape index (κ3) is 2.21. The molecule has 0 saturated carbocycles. The number of hydrogen-bond donors (Lipinski definition) is 0. The Morgan fingerprint density at radius 1 is 1.50 bits per heavy atom. The van der Waals surface area contributed by atoms with Crippen LogP contribution in [0, 0.1) is 0 Å². The molecule has 0 spiro atoms. The van der Waals surface area contributed by atoms with Gasteiger partial charge in [-0.2, -0.15) is 0 Å². The lowest BCUT2D eigenvalue weighted by atomic mass is 10.3. The van der Waals surface area contributed by atoms with Gasteiger partial charge in [0.25, 0.3) is 0 Å². The maximum Gasteiger partial charge on any atom is 0.137 e. The molecule has 16 heavy (non-hydrogen) atoms. The summed E-state index contributed by atoms with van der Waals surface area (Å²) in [5.74, 6) is 0. The van der Waals surface area contributed by atoms with E-state index in [1.54, 1.807) is 0 Å². The number of hydrogen-bond acceptors (Lipinski definition) is 2. The van der Waals surface area contributed by atoms with Crippen molar-refractivity contribution in [2.75, 3.05) is 6.54 Å². The fourth-order valence-corrected chi connectivity index (χ4v) is 1.46. The smallest absolute Gasteiger partial charge is 0.137 e. The molecule has 0 fully saturated rings. The minimum absolute atomic E-state index is 0.490. The van der Waals surface area contributed by atoms with Crippen LogP contribution in [0.25, 0.3) is 22.2 Å². The molecular formula is C11H11N5. The van der Waals surface area contributed by atoms with Crippen molar-refractivity contribution < 1.29 is 0 Å². The number of aromatic nitrogens is 2. The summed E-state index contributed by atoms with van der Waals surface area (Å²) in [6.45, 7) is 0.490. The molecule has 0 saturated heterocycles. The molecule has 0 N–H and O–H groups in total. The van der Waals surface area contributed by atoms with Crippen molar-refractivity contribution in [3.05, 3.63) is 52.8 Å². The van der Waals surface area contributed by atoms with E-state index in [-0.39, 0.29) is 0 Å². The number of fused-ring (bicyclic) bond motifs is 1. The standard InChI is InChI=1S/C11H11N5/c12-15-14-7-3-1-5-10-9-13-11-6-2-4-8-16(10)11/h1-2,4-6,8-9H,3,7H2. The SMILES string of the molecule is [N-]=[N+]=NCCC=Cc1cnc2ccccn12. The summed E-state index contributed by atoms with van der Waals surface area (Å²) >= 11 is 0.